The zero-order valence-corrected chi connectivity index (χ0v) is 18.1. The number of hydrogen-bond donors (Lipinski definition) is 2. The average molecular weight is 415 g/mol. The SMILES string of the molecule is CSc1nc(C)c(CCC(=O)NCc2ccccc2CN2CCCCC2)c(=O)[nH]1. The summed E-state index contributed by atoms with van der Waals surface area (Å²) in [4.78, 5) is 34.2. The largest absolute Gasteiger partial charge is 0.352 e. The number of nitrogens with one attached hydrogen (secondary N) is 2. The zero-order valence-electron chi connectivity index (χ0n) is 17.3. The number of amides is 1. The molecule has 2 N–H and O–H groups in total. The highest BCUT2D eigenvalue weighted by Gasteiger charge is 2.14. The number of H-pyrrole nitrogens is 1. The maximum atomic E-state index is 12.4. The van der Waals surface area contributed by atoms with Crippen molar-refractivity contribution in [3.8, 4) is 0 Å². The molecule has 156 valence electrons. The fourth-order valence-corrected chi connectivity index (χ4v) is 4.16. The lowest BCUT2D eigenvalue weighted by Gasteiger charge is -2.27. The molecule has 1 aromatic carbocycles. The quantitative estimate of drug-likeness (QED) is 0.513. The number of aromatic amines is 1. The molecule has 1 aliphatic rings. The van der Waals surface area contributed by atoms with Gasteiger partial charge in [0.2, 0.25) is 5.91 Å². The van der Waals surface area contributed by atoms with E-state index in [2.05, 4.69) is 38.4 Å². The Morgan fingerprint density at radius 3 is 2.62 bits per heavy atom. The van der Waals surface area contributed by atoms with Crippen LogP contribution < -0.4 is 10.9 Å². The summed E-state index contributed by atoms with van der Waals surface area (Å²) in [5, 5.41) is 3.62. The highest BCUT2D eigenvalue weighted by molar-refractivity contribution is 7.98. The Bertz CT molecular complexity index is 891. The molecule has 0 bridgehead atoms. The topological polar surface area (TPSA) is 78.1 Å². The maximum Gasteiger partial charge on any atom is 0.254 e. The van der Waals surface area contributed by atoms with E-state index in [9.17, 15) is 9.59 Å². The molecule has 7 heteroatoms. The number of rotatable bonds is 8. The van der Waals surface area contributed by atoms with Gasteiger partial charge in [-0.15, -0.1) is 0 Å². The number of hydrogen-bond acceptors (Lipinski definition) is 5. The number of nitrogens with zero attached hydrogens (tertiary/aromatic N) is 2. The molecule has 1 fully saturated rings. The molecule has 0 aliphatic carbocycles. The van der Waals surface area contributed by atoms with Crippen LogP contribution in [0.5, 0.6) is 0 Å². The van der Waals surface area contributed by atoms with E-state index >= 15 is 0 Å². The van der Waals surface area contributed by atoms with E-state index in [1.165, 1.54) is 36.6 Å². The molecule has 1 aliphatic heterocycles. The molecule has 6 nitrogen and oxygen atoms in total. The Kier molecular flexibility index (Phi) is 7.89. The van der Waals surface area contributed by atoms with Crippen molar-refractivity contribution in [2.75, 3.05) is 19.3 Å². The van der Waals surface area contributed by atoms with Gasteiger partial charge in [0.05, 0.1) is 0 Å². The lowest BCUT2D eigenvalue weighted by atomic mass is 10.0. The summed E-state index contributed by atoms with van der Waals surface area (Å²) in [6.45, 7) is 5.57. The number of carbonyl (C=O) groups excluding carboxylic acids is 1. The summed E-state index contributed by atoms with van der Waals surface area (Å²) >= 11 is 1.40. The van der Waals surface area contributed by atoms with Gasteiger partial charge in [-0.2, -0.15) is 0 Å². The molecule has 1 amide bonds. The molecule has 0 atom stereocenters. The normalized spacial score (nSPS) is 14.7. The summed E-state index contributed by atoms with van der Waals surface area (Å²) in [6.07, 6.45) is 6.40. The summed E-state index contributed by atoms with van der Waals surface area (Å²) in [6, 6.07) is 8.31. The third kappa shape index (κ3) is 6.18. The van der Waals surface area contributed by atoms with Gasteiger partial charge in [-0.1, -0.05) is 42.4 Å². The van der Waals surface area contributed by atoms with Crippen molar-refractivity contribution in [2.24, 2.45) is 0 Å². The van der Waals surface area contributed by atoms with Crippen LogP contribution in [0.2, 0.25) is 0 Å². The molecule has 2 heterocycles. The molecule has 1 aromatic heterocycles. The van der Waals surface area contributed by atoms with E-state index in [0.717, 1.165) is 25.2 Å². The minimum absolute atomic E-state index is 0.0504. The molecular weight excluding hydrogens is 384 g/mol. The molecule has 0 spiro atoms. The van der Waals surface area contributed by atoms with Crippen molar-refractivity contribution in [3.05, 3.63) is 57.0 Å². The molecule has 29 heavy (non-hydrogen) atoms. The van der Waals surface area contributed by atoms with Crippen molar-refractivity contribution >= 4 is 17.7 Å². The van der Waals surface area contributed by atoms with Crippen LogP contribution in [0, 0.1) is 6.92 Å². The first-order valence-electron chi connectivity index (χ1n) is 10.3. The van der Waals surface area contributed by atoms with Gasteiger partial charge in [-0.25, -0.2) is 4.98 Å². The summed E-state index contributed by atoms with van der Waals surface area (Å²) in [5.74, 6) is -0.0504. The minimum atomic E-state index is -0.151. The van der Waals surface area contributed by atoms with Crippen LogP contribution >= 0.6 is 11.8 Å². The first-order chi connectivity index (χ1) is 14.1. The molecule has 3 rings (SSSR count). The average Bonchev–Trinajstić information content (AvgIpc) is 2.73. The van der Waals surface area contributed by atoms with Gasteiger partial charge >= 0.3 is 0 Å². The summed E-state index contributed by atoms with van der Waals surface area (Å²) in [5.41, 5.74) is 3.56. The number of aryl methyl sites for hydroxylation is 1. The minimum Gasteiger partial charge on any atom is -0.352 e. The predicted molar refractivity (Wildman–Crippen MR) is 117 cm³/mol. The Morgan fingerprint density at radius 1 is 1.21 bits per heavy atom. The lowest BCUT2D eigenvalue weighted by molar-refractivity contribution is -0.121. The highest BCUT2D eigenvalue weighted by Crippen LogP contribution is 2.16. The highest BCUT2D eigenvalue weighted by atomic mass is 32.2. The van der Waals surface area contributed by atoms with Crippen LogP contribution in [-0.4, -0.2) is 40.1 Å². The second-order valence-electron chi connectivity index (χ2n) is 7.52. The van der Waals surface area contributed by atoms with Gasteiger partial charge in [0.1, 0.15) is 0 Å². The maximum absolute atomic E-state index is 12.4. The Hall–Kier alpha value is -2.12. The molecule has 0 saturated carbocycles. The third-order valence-electron chi connectivity index (χ3n) is 5.43. The van der Waals surface area contributed by atoms with E-state index < -0.39 is 0 Å². The summed E-state index contributed by atoms with van der Waals surface area (Å²) < 4.78 is 0. The van der Waals surface area contributed by atoms with Crippen molar-refractivity contribution in [1.29, 1.82) is 0 Å². The van der Waals surface area contributed by atoms with Gasteiger partial charge in [0, 0.05) is 30.8 Å². The van der Waals surface area contributed by atoms with Gasteiger partial charge < -0.3 is 10.3 Å². The second-order valence-corrected chi connectivity index (χ2v) is 8.32. The smallest absolute Gasteiger partial charge is 0.254 e. The number of likely N-dealkylation sites (tertiary alicyclic amines) is 1. The fraction of sp³-hybridized carbons (Fsp3) is 0.500. The van der Waals surface area contributed by atoms with Crippen LogP contribution in [0.4, 0.5) is 0 Å². The monoisotopic (exact) mass is 414 g/mol. The van der Waals surface area contributed by atoms with Crippen molar-refractivity contribution in [2.45, 2.75) is 57.3 Å². The number of thioether (sulfide) groups is 1. The lowest BCUT2D eigenvalue weighted by Crippen LogP contribution is -2.30. The van der Waals surface area contributed by atoms with Gasteiger partial charge in [-0.3, -0.25) is 14.5 Å². The van der Waals surface area contributed by atoms with Gasteiger partial charge in [0.25, 0.3) is 5.56 Å². The van der Waals surface area contributed by atoms with E-state index in [-0.39, 0.29) is 17.9 Å². The van der Waals surface area contributed by atoms with Gasteiger partial charge in [0.15, 0.2) is 5.16 Å². The van der Waals surface area contributed by atoms with Crippen molar-refractivity contribution in [1.82, 2.24) is 20.2 Å². The van der Waals surface area contributed by atoms with Crippen molar-refractivity contribution in [3.63, 3.8) is 0 Å². The molecule has 2 aromatic rings. The van der Waals surface area contributed by atoms with Crippen LogP contribution in [0.3, 0.4) is 0 Å². The number of benzene rings is 1. The van der Waals surface area contributed by atoms with Crippen LogP contribution in [0.15, 0.2) is 34.2 Å². The molecule has 1 saturated heterocycles. The third-order valence-corrected chi connectivity index (χ3v) is 6.01. The van der Waals surface area contributed by atoms with Crippen molar-refractivity contribution < 1.29 is 4.79 Å². The van der Waals surface area contributed by atoms with E-state index in [4.69, 9.17) is 0 Å². The van der Waals surface area contributed by atoms with Crippen LogP contribution in [0.25, 0.3) is 0 Å². The number of carbonyl (C=O) groups is 1. The second kappa shape index (κ2) is 10.6. The Labute approximate surface area is 176 Å². The number of piperidine rings is 1. The first kappa shape index (κ1) is 21.6. The van der Waals surface area contributed by atoms with E-state index in [1.807, 2.05) is 19.2 Å². The van der Waals surface area contributed by atoms with Crippen LogP contribution in [0.1, 0.15) is 48.1 Å². The standard InChI is InChI=1S/C22H30N4O2S/c1-16-19(21(28)25-22(24-16)29-2)10-11-20(27)23-14-17-8-4-5-9-18(17)15-26-12-6-3-7-13-26/h4-5,8-9H,3,6-7,10-15H2,1-2H3,(H,23,27)(H,24,25,28). The summed E-state index contributed by atoms with van der Waals surface area (Å²) in [7, 11) is 0. The molecule has 0 unspecified atom stereocenters. The Morgan fingerprint density at radius 2 is 1.93 bits per heavy atom. The number of aromatic nitrogens is 2. The van der Waals surface area contributed by atoms with Gasteiger partial charge in [-0.05, 0) is 56.7 Å². The van der Waals surface area contributed by atoms with E-state index in [0.29, 0.717) is 29.4 Å². The first-order valence-corrected chi connectivity index (χ1v) is 11.5. The zero-order chi connectivity index (χ0) is 20.6. The van der Waals surface area contributed by atoms with Crippen LogP contribution in [-0.2, 0) is 24.3 Å². The fourth-order valence-electron chi connectivity index (χ4n) is 3.74. The molecule has 0 radical (unpaired) electrons. The molecular formula is C22H30N4O2S. The Balaban J connectivity index is 1.54. The predicted octanol–water partition coefficient (Wildman–Crippen LogP) is 3.04. The van der Waals surface area contributed by atoms with E-state index in [1.54, 1.807) is 0 Å².